The lowest BCUT2D eigenvalue weighted by Crippen LogP contribution is -2.39. The van der Waals surface area contributed by atoms with Crippen LogP contribution in [0.2, 0.25) is 0 Å². The van der Waals surface area contributed by atoms with Gasteiger partial charge in [-0.25, -0.2) is 8.42 Å². The number of ether oxygens (including phenoxy) is 1. The van der Waals surface area contributed by atoms with Crippen LogP contribution >= 0.6 is 0 Å². The largest absolute Gasteiger partial charge is 0.472 e. The predicted octanol–water partition coefficient (Wildman–Crippen LogP) is 1.90. The second-order valence-electron chi connectivity index (χ2n) is 6.20. The van der Waals surface area contributed by atoms with Gasteiger partial charge < -0.3 is 4.74 Å². The van der Waals surface area contributed by atoms with Crippen LogP contribution in [0.15, 0.2) is 12.1 Å². The molecule has 122 valence electrons. The van der Waals surface area contributed by atoms with Crippen molar-refractivity contribution in [2.45, 2.75) is 56.8 Å². The van der Waals surface area contributed by atoms with Crippen molar-refractivity contribution in [2.24, 2.45) is 0 Å². The van der Waals surface area contributed by atoms with Gasteiger partial charge in [0.15, 0.2) is 0 Å². The second kappa shape index (κ2) is 6.50. The molecule has 0 aromatic carbocycles. The van der Waals surface area contributed by atoms with Gasteiger partial charge in [0.05, 0.1) is 17.5 Å². The Labute approximate surface area is 131 Å². The van der Waals surface area contributed by atoms with E-state index in [1.54, 1.807) is 10.4 Å². The van der Waals surface area contributed by atoms with E-state index in [2.05, 4.69) is 10.2 Å². The highest BCUT2D eigenvalue weighted by atomic mass is 32.2. The number of aryl methyl sites for hydroxylation is 1. The first-order valence-electron chi connectivity index (χ1n) is 8.01. The van der Waals surface area contributed by atoms with Gasteiger partial charge in [-0.05, 0) is 32.3 Å². The van der Waals surface area contributed by atoms with E-state index in [0.717, 1.165) is 37.8 Å². The van der Waals surface area contributed by atoms with Crippen LogP contribution in [0.1, 0.15) is 44.2 Å². The fraction of sp³-hybridized carbons (Fsp3) is 0.733. The minimum absolute atomic E-state index is 0.129. The predicted molar refractivity (Wildman–Crippen MR) is 83.2 cm³/mol. The fourth-order valence-corrected chi connectivity index (χ4v) is 5.30. The summed E-state index contributed by atoms with van der Waals surface area (Å²) in [7, 11) is -3.18. The normalized spacial score (nSPS) is 24.5. The zero-order valence-electron chi connectivity index (χ0n) is 12.9. The van der Waals surface area contributed by atoms with Crippen molar-refractivity contribution in [1.29, 1.82) is 0 Å². The van der Waals surface area contributed by atoms with Gasteiger partial charge in [0.25, 0.3) is 0 Å². The smallest absolute Gasteiger partial charge is 0.233 e. The standard InChI is InChI=1S/C15H23N3O3S/c1-12-7-8-15(17-16-12)21-13-9-10-18(11-13)22(19,20)14-5-3-2-4-6-14/h7-8,13-14H,2-6,9-11H2,1H3/t13-/m1/s1. The molecule has 22 heavy (non-hydrogen) atoms. The van der Waals surface area contributed by atoms with Crippen LogP contribution in [0, 0.1) is 6.92 Å². The van der Waals surface area contributed by atoms with E-state index in [9.17, 15) is 8.42 Å². The van der Waals surface area contributed by atoms with Gasteiger partial charge >= 0.3 is 0 Å². The first-order valence-corrected chi connectivity index (χ1v) is 9.52. The highest BCUT2D eigenvalue weighted by Gasteiger charge is 2.38. The Kier molecular flexibility index (Phi) is 4.63. The third-order valence-electron chi connectivity index (χ3n) is 4.50. The molecule has 1 aliphatic heterocycles. The van der Waals surface area contributed by atoms with Gasteiger partial charge in [-0.3, -0.25) is 0 Å². The minimum Gasteiger partial charge on any atom is -0.472 e. The van der Waals surface area contributed by atoms with Crippen molar-refractivity contribution in [3.05, 3.63) is 17.8 Å². The van der Waals surface area contributed by atoms with Crippen LogP contribution in [-0.2, 0) is 10.0 Å². The summed E-state index contributed by atoms with van der Waals surface area (Å²) in [6.45, 7) is 2.84. The molecular weight excluding hydrogens is 302 g/mol. The Balaban J connectivity index is 1.60. The van der Waals surface area contributed by atoms with Crippen LogP contribution in [0.5, 0.6) is 5.88 Å². The van der Waals surface area contributed by atoms with Gasteiger partial charge in [0.1, 0.15) is 6.10 Å². The van der Waals surface area contributed by atoms with E-state index in [1.807, 2.05) is 13.0 Å². The highest BCUT2D eigenvalue weighted by Crippen LogP contribution is 2.28. The summed E-state index contributed by atoms with van der Waals surface area (Å²) in [5.74, 6) is 0.465. The van der Waals surface area contributed by atoms with E-state index in [-0.39, 0.29) is 11.4 Å². The SMILES string of the molecule is Cc1ccc(O[C@@H]2CCN(S(=O)(=O)C3CCCCC3)C2)nn1. The molecule has 0 radical (unpaired) electrons. The van der Waals surface area contributed by atoms with Crippen molar-refractivity contribution in [2.75, 3.05) is 13.1 Å². The molecule has 2 heterocycles. The molecule has 1 aromatic rings. The Morgan fingerprint density at radius 3 is 2.59 bits per heavy atom. The lowest BCUT2D eigenvalue weighted by molar-refractivity contribution is 0.204. The summed E-state index contributed by atoms with van der Waals surface area (Å²) < 4.78 is 32.7. The van der Waals surface area contributed by atoms with E-state index < -0.39 is 10.0 Å². The summed E-state index contributed by atoms with van der Waals surface area (Å²) in [5.41, 5.74) is 0.834. The zero-order chi connectivity index (χ0) is 15.6. The Hall–Kier alpha value is -1.21. The lowest BCUT2D eigenvalue weighted by atomic mass is 10.0. The second-order valence-corrected chi connectivity index (χ2v) is 8.42. The van der Waals surface area contributed by atoms with Gasteiger partial charge in [-0.2, -0.15) is 9.40 Å². The quantitative estimate of drug-likeness (QED) is 0.845. The average Bonchev–Trinajstić information content (AvgIpc) is 3.00. The third-order valence-corrected chi connectivity index (χ3v) is 6.87. The molecule has 7 heteroatoms. The molecule has 1 saturated heterocycles. The lowest BCUT2D eigenvalue weighted by Gasteiger charge is -2.26. The van der Waals surface area contributed by atoms with Gasteiger partial charge in [-0.1, -0.05) is 19.3 Å². The number of hydrogen-bond acceptors (Lipinski definition) is 5. The topological polar surface area (TPSA) is 72.4 Å². The van der Waals surface area contributed by atoms with Crippen LogP contribution in [-0.4, -0.2) is 47.4 Å². The summed E-state index contributed by atoms with van der Waals surface area (Å²) in [4.78, 5) is 0. The van der Waals surface area contributed by atoms with Crippen molar-refractivity contribution < 1.29 is 13.2 Å². The van der Waals surface area contributed by atoms with Crippen molar-refractivity contribution >= 4 is 10.0 Å². The van der Waals surface area contributed by atoms with Crippen LogP contribution < -0.4 is 4.74 Å². The molecule has 6 nitrogen and oxygen atoms in total. The highest BCUT2D eigenvalue weighted by molar-refractivity contribution is 7.89. The monoisotopic (exact) mass is 325 g/mol. The van der Waals surface area contributed by atoms with Gasteiger partial charge in [0, 0.05) is 12.6 Å². The number of nitrogens with zero attached hydrogens (tertiary/aromatic N) is 3. The number of sulfonamides is 1. The summed E-state index contributed by atoms with van der Waals surface area (Å²) in [6, 6.07) is 3.62. The molecule has 2 aliphatic rings. The van der Waals surface area contributed by atoms with E-state index in [4.69, 9.17) is 4.74 Å². The van der Waals surface area contributed by atoms with Crippen molar-refractivity contribution in [1.82, 2.24) is 14.5 Å². The van der Waals surface area contributed by atoms with Crippen LogP contribution in [0.25, 0.3) is 0 Å². The number of hydrogen-bond donors (Lipinski definition) is 0. The molecule has 0 bridgehead atoms. The first kappa shape index (κ1) is 15.7. The molecule has 3 rings (SSSR count). The Morgan fingerprint density at radius 2 is 1.91 bits per heavy atom. The maximum atomic E-state index is 12.7. The Morgan fingerprint density at radius 1 is 1.14 bits per heavy atom. The fourth-order valence-electron chi connectivity index (χ4n) is 3.22. The van der Waals surface area contributed by atoms with Crippen LogP contribution in [0.3, 0.4) is 0 Å². The molecule has 1 atom stereocenters. The van der Waals surface area contributed by atoms with E-state index >= 15 is 0 Å². The molecular formula is C15H23N3O3S. The molecule has 0 amide bonds. The van der Waals surface area contributed by atoms with Crippen molar-refractivity contribution in [3.63, 3.8) is 0 Å². The minimum atomic E-state index is -3.18. The number of rotatable bonds is 4. The number of aromatic nitrogens is 2. The third kappa shape index (κ3) is 3.41. The zero-order valence-corrected chi connectivity index (χ0v) is 13.8. The maximum absolute atomic E-state index is 12.7. The van der Waals surface area contributed by atoms with E-state index in [0.29, 0.717) is 25.4 Å². The first-order chi connectivity index (χ1) is 10.6. The summed E-state index contributed by atoms with van der Waals surface area (Å²) in [5, 5.41) is 7.74. The van der Waals surface area contributed by atoms with Gasteiger partial charge in [0.2, 0.25) is 15.9 Å². The molecule has 1 aromatic heterocycles. The molecule has 2 fully saturated rings. The van der Waals surface area contributed by atoms with Crippen LogP contribution in [0.4, 0.5) is 0 Å². The van der Waals surface area contributed by atoms with Crippen molar-refractivity contribution in [3.8, 4) is 5.88 Å². The summed E-state index contributed by atoms with van der Waals surface area (Å²) in [6.07, 6.45) is 5.38. The average molecular weight is 325 g/mol. The molecule has 0 N–H and O–H groups in total. The molecule has 0 unspecified atom stereocenters. The maximum Gasteiger partial charge on any atom is 0.233 e. The molecule has 0 spiro atoms. The summed E-state index contributed by atoms with van der Waals surface area (Å²) >= 11 is 0. The molecule has 1 aliphatic carbocycles. The van der Waals surface area contributed by atoms with Gasteiger partial charge in [-0.15, -0.1) is 5.10 Å². The Bertz CT molecular complexity index is 597. The van der Waals surface area contributed by atoms with E-state index in [1.165, 1.54) is 0 Å². The molecule has 1 saturated carbocycles.